The van der Waals surface area contributed by atoms with Gasteiger partial charge in [-0.05, 0) is 12.0 Å². The second-order valence-electron chi connectivity index (χ2n) is 6.77. The fourth-order valence-electron chi connectivity index (χ4n) is 3.17. The molecule has 2 aromatic rings. The largest absolute Gasteiger partial charge is 0.356 e. The summed E-state index contributed by atoms with van der Waals surface area (Å²) >= 11 is 0. The Morgan fingerprint density at radius 1 is 1.36 bits per heavy atom. The number of hydrogen-bond donors (Lipinski definition) is 1. The Kier molecular flexibility index (Phi) is 5.68. The Balaban J connectivity index is 1.50. The molecule has 1 aromatic heterocycles. The molecule has 0 spiro atoms. The van der Waals surface area contributed by atoms with E-state index in [1.165, 1.54) is 5.56 Å². The third kappa shape index (κ3) is 4.38. The summed E-state index contributed by atoms with van der Waals surface area (Å²) < 4.78 is 5.29. The van der Waals surface area contributed by atoms with Crippen LogP contribution in [-0.2, 0) is 6.42 Å². The molecule has 1 unspecified atom stereocenters. The lowest BCUT2D eigenvalue weighted by molar-refractivity contribution is 0.370. The van der Waals surface area contributed by atoms with Gasteiger partial charge in [-0.25, -0.2) is 0 Å². The van der Waals surface area contributed by atoms with Crippen molar-refractivity contribution in [1.82, 2.24) is 20.4 Å². The molecular weight excluding hydrogens is 314 g/mol. The predicted molar refractivity (Wildman–Crippen MR) is 98.8 cm³/mol. The van der Waals surface area contributed by atoms with Gasteiger partial charge in [-0.15, -0.1) is 0 Å². The van der Waals surface area contributed by atoms with Gasteiger partial charge in [0, 0.05) is 44.9 Å². The van der Waals surface area contributed by atoms with Crippen LogP contribution in [0, 0.1) is 0 Å². The first-order chi connectivity index (χ1) is 12.2. The lowest BCUT2D eigenvalue weighted by Gasteiger charge is -2.21. The number of guanidine groups is 1. The highest BCUT2D eigenvalue weighted by Crippen LogP contribution is 2.26. The number of hydrogen-bond acceptors (Lipinski definition) is 4. The van der Waals surface area contributed by atoms with Gasteiger partial charge < -0.3 is 14.7 Å². The zero-order chi connectivity index (χ0) is 17.6. The second-order valence-corrected chi connectivity index (χ2v) is 6.77. The van der Waals surface area contributed by atoms with Crippen LogP contribution >= 0.6 is 0 Å². The molecule has 6 nitrogen and oxygen atoms in total. The van der Waals surface area contributed by atoms with Crippen molar-refractivity contribution in [2.75, 3.05) is 26.7 Å². The molecule has 1 aliphatic heterocycles. The van der Waals surface area contributed by atoms with E-state index in [1.54, 1.807) is 0 Å². The fraction of sp³-hybridized carbons (Fsp3) is 0.526. The highest BCUT2D eigenvalue weighted by Gasteiger charge is 2.25. The quantitative estimate of drug-likeness (QED) is 0.669. The van der Waals surface area contributed by atoms with Crippen molar-refractivity contribution >= 4 is 5.96 Å². The predicted octanol–water partition coefficient (Wildman–Crippen LogP) is 2.80. The first-order valence-electron chi connectivity index (χ1n) is 9.00. The maximum atomic E-state index is 5.29. The van der Waals surface area contributed by atoms with Crippen LogP contribution in [0.5, 0.6) is 0 Å². The summed E-state index contributed by atoms with van der Waals surface area (Å²) in [6.45, 7) is 6.88. The zero-order valence-electron chi connectivity index (χ0n) is 15.3. The number of rotatable bonds is 5. The molecule has 1 saturated heterocycles. The van der Waals surface area contributed by atoms with Crippen LogP contribution in [0.3, 0.4) is 0 Å². The monoisotopic (exact) mass is 341 g/mol. The van der Waals surface area contributed by atoms with Gasteiger partial charge in [-0.1, -0.05) is 49.3 Å². The average Bonchev–Trinajstić information content (AvgIpc) is 3.29. The van der Waals surface area contributed by atoms with Gasteiger partial charge in [-0.2, -0.15) is 4.98 Å². The first-order valence-corrected chi connectivity index (χ1v) is 9.00. The number of likely N-dealkylation sites (tertiary alicyclic amines) is 1. The third-order valence-electron chi connectivity index (χ3n) is 4.59. The molecular formula is C19H27N5O. The molecule has 0 aliphatic carbocycles. The van der Waals surface area contributed by atoms with E-state index in [-0.39, 0.29) is 5.92 Å². The molecule has 6 heteroatoms. The lowest BCUT2D eigenvalue weighted by atomic mass is 9.99. The van der Waals surface area contributed by atoms with Crippen molar-refractivity contribution in [3.05, 3.63) is 47.6 Å². The fourth-order valence-corrected chi connectivity index (χ4v) is 3.17. The van der Waals surface area contributed by atoms with Gasteiger partial charge >= 0.3 is 0 Å². The van der Waals surface area contributed by atoms with Crippen molar-refractivity contribution in [3.8, 4) is 0 Å². The lowest BCUT2D eigenvalue weighted by Crippen LogP contribution is -2.40. The minimum atomic E-state index is 0.290. The maximum Gasteiger partial charge on any atom is 0.228 e. The van der Waals surface area contributed by atoms with Gasteiger partial charge in [0.25, 0.3) is 0 Å². The summed E-state index contributed by atoms with van der Waals surface area (Å²) in [6, 6.07) is 10.7. The molecule has 0 amide bonds. The number of nitrogens with one attached hydrogen (secondary N) is 1. The Morgan fingerprint density at radius 3 is 2.84 bits per heavy atom. The molecule has 3 rings (SSSR count). The van der Waals surface area contributed by atoms with Crippen molar-refractivity contribution in [2.24, 2.45) is 4.99 Å². The van der Waals surface area contributed by atoms with Gasteiger partial charge in [0.15, 0.2) is 11.8 Å². The van der Waals surface area contributed by atoms with E-state index in [0.717, 1.165) is 37.8 Å². The highest BCUT2D eigenvalue weighted by molar-refractivity contribution is 5.80. The summed E-state index contributed by atoms with van der Waals surface area (Å²) in [5.41, 5.74) is 1.41. The van der Waals surface area contributed by atoms with E-state index in [1.807, 2.05) is 7.05 Å². The van der Waals surface area contributed by atoms with E-state index in [9.17, 15) is 0 Å². The number of benzene rings is 1. The van der Waals surface area contributed by atoms with E-state index in [0.29, 0.717) is 18.2 Å². The van der Waals surface area contributed by atoms with Crippen LogP contribution in [0.4, 0.5) is 0 Å². The maximum absolute atomic E-state index is 5.29. The van der Waals surface area contributed by atoms with Crippen LogP contribution in [0.1, 0.15) is 49.4 Å². The van der Waals surface area contributed by atoms with E-state index < -0.39 is 0 Å². The standard InChI is InChI=1S/C19H27N5O/c1-14(2)18-22-17(25-23-18)9-11-21-19(20-3)24-12-10-16(13-24)15-7-5-4-6-8-15/h4-8,14,16H,9-13H2,1-3H3,(H,20,21). The van der Waals surface area contributed by atoms with E-state index >= 15 is 0 Å². The summed E-state index contributed by atoms with van der Waals surface area (Å²) in [5, 5.41) is 7.42. The van der Waals surface area contributed by atoms with E-state index in [4.69, 9.17) is 4.52 Å². The molecule has 0 bridgehead atoms. The van der Waals surface area contributed by atoms with Crippen molar-refractivity contribution in [2.45, 2.75) is 38.5 Å². The molecule has 2 heterocycles. The Morgan fingerprint density at radius 2 is 2.16 bits per heavy atom. The number of aliphatic imine (C=N–C) groups is 1. The van der Waals surface area contributed by atoms with Gasteiger partial charge in [-0.3, -0.25) is 4.99 Å². The smallest absolute Gasteiger partial charge is 0.228 e. The minimum absolute atomic E-state index is 0.290. The topological polar surface area (TPSA) is 66.5 Å². The van der Waals surface area contributed by atoms with Crippen molar-refractivity contribution in [1.29, 1.82) is 0 Å². The van der Waals surface area contributed by atoms with Gasteiger partial charge in [0.2, 0.25) is 5.89 Å². The zero-order valence-corrected chi connectivity index (χ0v) is 15.3. The Hall–Kier alpha value is -2.37. The number of nitrogens with zero attached hydrogens (tertiary/aromatic N) is 4. The molecule has 0 saturated carbocycles. The third-order valence-corrected chi connectivity index (χ3v) is 4.59. The van der Waals surface area contributed by atoms with E-state index in [2.05, 4.69) is 69.5 Å². The van der Waals surface area contributed by atoms with Crippen LogP contribution in [0.25, 0.3) is 0 Å². The molecule has 0 radical (unpaired) electrons. The summed E-state index contributed by atoms with van der Waals surface area (Å²) in [5.74, 6) is 3.25. The normalized spacial score (nSPS) is 18.2. The Labute approximate surface area is 149 Å². The SMILES string of the molecule is CN=C(NCCc1nc(C(C)C)no1)N1CCC(c2ccccc2)C1. The van der Waals surface area contributed by atoms with Crippen molar-refractivity contribution < 1.29 is 4.52 Å². The molecule has 1 N–H and O–H groups in total. The van der Waals surface area contributed by atoms with Gasteiger partial charge in [0.1, 0.15) is 0 Å². The molecule has 134 valence electrons. The number of aromatic nitrogens is 2. The summed E-state index contributed by atoms with van der Waals surface area (Å²) in [7, 11) is 1.84. The molecule has 25 heavy (non-hydrogen) atoms. The average molecular weight is 341 g/mol. The minimum Gasteiger partial charge on any atom is -0.356 e. The molecule has 1 fully saturated rings. The summed E-state index contributed by atoms with van der Waals surface area (Å²) in [4.78, 5) is 11.2. The van der Waals surface area contributed by atoms with Crippen LogP contribution in [0.2, 0.25) is 0 Å². The Bertz CT molecular complexity index is 695. The van der Waals surface area contributed by atoms with Crippen molar-refractivity contribution in [3.63, 3.8) is 0 Å². The van der Waals surface area contributed by atoms with Crippen LogP contribution in [0.15, 0.2) is 39.8 Å². The summed E-state index contributed by atoms with van der Waals surface area (Å²) in [6.07, 6.45) is 1.86. The van der Waals surface area contributed by atoms with Gasteiger partial charge in [0.05, 0.1) is 0 Å². The molecule has 1 aliphatic rings. The molecule has 1 aromatic carbocycles. The second kappa shape index (κ2) is 8.14. The van der Waals surface area contributed by atoms with Crippen LogP contribution < -0.4 is 5.32 Å². The molecule has 1 atom stereocenters. The highest BCUT2D eigenvalue weighted by atomic mass is 16.5. The van der Waals surface area contributed by atoms with Crippen LogP contribution in [-0.4, -0.2) is 47.7 Å². The first kappa shape index (κ1) is 17.5.